The molecule has 0 bridgehead atoms. The molecule has 1 amide bonds. The van der Waals surface area contributed by atoms with Crippen LogP contribution in [0.2, 0.25) is 0 Å². The number of amides is 1. The standard InChI is InChI=1S/C31H37N7O5/c1-40-26-14-13-25(21-27(26)41-2)35-31-37-29(36-30(38-31)34-22-23-9-5-3-6-10-23)33-16-18-43-20-19-42-17-15-32-28(39)24-11-7-4-8-12-24/h3-14,21H,15-20,22H2,1-2H3,(H,32,39)(H3,33,34,35,36,37,38). The Hall–Kier alpha value is -4.94. The number of nitrogens with one attached hydrogen (secondary N) is 4. The molecule has 0 saturated carbocycles. The summed E-state index contributed by atoms with van der Waals surface area (Å²) in [4.78, 5) is 25.6. The van der Waals surface area contributed by atoms with E-state index < -0.39 is 0 Å². The van der Waals surface area contributed by atoms with Crippen molar-refractivity contribution in [1.29, 1.82) is 0 Å². The summed E-state index contributed by atoms with van der Waals surface area (Å²) < 4.78 is 21.9. The first-order chi connectivity index (χ1) is 21.1. The van der Waals surface area contributed by atoms with Crippen molar-refractivity contribution in [3.63, 3.8) is 0 Å². The molecule has 0 radical (unpaired) electrons. The molecule has 1 heterocycles. The van der Waals surface area contributed by atoms with Gasteiger partial charge in [0.1, 0.15) is 0 Å². The molecule has 0 saturated heterocycles. The van der Waals surface area contributed by atoms with Gasteiger partial charge in [0.05, 0.1) is 40.6 Å². The summed E-state index contributed by atoms with van der Waals surface area (Å²) in [7, 11) is 3.17. The molecule has 226 valence electrons. The van der Waals surface area contributed by atoms with Crippen LogP contribution in [0.5, 0.6) is 11.5 Å². The third kappa shape index (κ3) is 10.4. The van der Waals surface area contributed by atoms with Gasteiger partial charge >= 0.3 is 0 Å². The van der Waals surface area contributed by atoms with Crippen molar-refractivity contribution in [3.05, 3.63) is 90.0 Å². The van der Waals surface area contributed by atoms with E-state index in [9.17, 15) is 4.79 Å². The highest BCUT2D eigenvalue weighted by atomic mass is 16.5. The van der Waals surface area contributed by atoms with E-state index in [4.69, 9.17) is 18.9 Å². The fraction of sp³-hybridized carbons (Fsp3) is 0.290. The molecule has 0 spiro atoms. The molecule has 4 rings (SSSR count). The van der Waals surface area contributed by atoms with Gasteiger partial charge in [-0.2, -0.15) is 15.0 Å². The molecule has 4 N–H and O–H groups in total. The van der Waals surface area contributed by atoms with Gasteiger partial charge in [-0.05, 0) is 29.8 Å². The topological polar surface area (TPSA) is 141 Å². The molecule has 4 aromatic rings. The normalized spacial score (nSPS) is 10.6. The molecular formula is C31H37N7O5. The lowest BCUT2D eigenvalue weighted by Crippen LogP contribution is -2.27. The van der Waals surface area contributed by atoms with Crippen LogP contribution in [0.25, 0.3) is 0 Å². The van der Waals surface area contributed by atoms with E-state index in [-0.39, 0.29) is 5.91 Å². The Kier molecular flexibility index (Phi) is 12.3. The Bertz CT molecular complexity index is 1410. The minimum absolute atomic E-state index is 0.120. The predicted molar refractivity (Wildman–Crippen MR) is 165 cm³/mol. The zero-order valence-corrected chi connectivity index (χ0v) is 24.3. The van der Waals surface area contributed by atoms with Crippen LogP contribution < -0.4 is 30.7 Å². The first-order valence-electron chi connectivity index (χ1n) is 13.9. The SMILES string of the molecule is COc1ccc(Nc2nc(NCCOCCOCCNC(=O)c3ccccc3)nc(NCc3ccccc3)n2)cc1OC. The van der Waals surface area contributed by atoms with E-state index in [0.29, 0.717) is 81.0 Å². The number of carbonyl (C=O) groups excluding carboxylic acids is 1. The minimum atomic E-state index is -0.120. The summed E-state index contributed by atoms with van der Waals surface area (Å²) in [5.41, 5.74) is 2.45. The highest BCUT2D eigenvalue weighted by Gasteiger charge is 2.10. The van der Waals surface area contributed by atoms with Crippen LogP contribution in [0.15, 0.2) is 78.9 Å². The molecule has 0 aliphatic heterocycles. The monoisotopic (exact) mass is 587 g/mol. The number of anilines is 4. The van der Waals surface area contributed by atoms with Crippen molar-refractivity contribution in [1.82, 2.24) is 20.3 Å². The molecule has 0 aliphatic carbocycles. The average Bonchev–Trinajstić information content (AvgIpc) is 3.05. The number of hydrogen-bond donors (Lipinski definition) is 4. The van der Waals surface area contributed by atoms with Crippen molar-refractivity contribution in [2.24, 2.45) is 0 Å². The number of nitrogens with zero attached hydrogens (tertiary/aromatic N) is 3. The summed E-state index contributed by atoms with van der Waals surface area (Å²) in [6.07, 6.45) is 0. The molecule has 0 fully saturated rings. The number of methoxy groups -OCH3 is 2. The van der Waals surface area contributed by atoms with Crippen molar-refractivity contribution < 1.29 is 23.7 Å². The largest absolute Gasteiger partial charge is 0.493 e. The predicted octanol–water partition coefficient (Wildman–Crippen LogP) is 4.12. The third-order valence-corrected chi connectivity index (χ3v) is 6.04. The summed E-state index contributed by atoms with van der Waals surface area (Å²) in [5, 5.41) is 12.5. The van der Waals surface area contributed by atoms with Crippen LogP contribution in [0.4, 0.5) is 23.5 Å². The maximum Gasteiger partial charge on any atom is 0.251 e. The number of aromatic nitrogens is 3. The molecule has 0 aliphatic rings. The molecule has 3 aromatic carbocycles. The zero-order valence-electron chi connectivity index (χ0n) is 24.3. The molecule has 0 atom stereocenters. The molecule has 0 unspecified atom stereocenters. The second-order valence-corrected chi connectivity index (χ2v) is 9.11. The van der Waals surface area contributed by atoms with E-state index in [1.54, 1.807) is 38.5 Å². The number of ether oxygens (including phenoxy) is 4. The van der Waals surface area contributed by atoms with E-state index in [0.717, 1.165) is 11.3 Å². The van der Waals surface area contributed by atoms with Crippen molar-refractivity contribution in [3.8, 4) is 11.5 Å². The van der Waals surface area contributed by atoms with E-state index >= 15 is 0 Å². The number of rotatable bonds is 18. The third-order valence-electron chi connectivity index (χ3n) is 6.04. The Morgan fingerprint density at radius 3 is 2.00 bits per heavy atom. The van der Waals surface area contributed by atoms with Gasteiger partial charge in [0, 0.05) is 37.0 Å². The number of carbonyl (C=O) groups is 1. The van der Waals surface area contributed by atoms with Gasteiger partial charge in [0.2, 0.25) is 17.8 Å². The van der Waals surface area contributed by atoms with Gasteiger partial charge in [-0.25, -0.2) is 0 Å². The van der Waals surface area contributed by atoms with Crippen molar-refractivity contribution in [2.75, 3.05) is 69.7 Å². The first kappa shape index (κ1) is 31.0. The fourth-order valence-corrected chi connectivity index (χ4v) is 3.90. The second-order valence-electron chi connectivity index (χ2n) is 9.11. The van der Waals surface area contributed by atoms with Gasteiger partial charge in [-0.15, -0.1) is 0 Å². The lowest BCUT2D eigenvalue weighted by atomic mass is 10.2. The number of hydrogen-bond acceptors (Lipinski definition) is 11. The van der Waals surface area contributed by atoms with Gasteiger partial charge < -0.3 is 40.2 Å². The van der Waals surface area contributed by atoms with Gasteiger partial charge in [0.15, 0.2) is 11.5 Å². The number of benzene rings is 3. The highest BCUT2D eigenvalue weighted by Crippen LogP contribution is 2.30. The Morgan fingerprint density at radius 1 is 0.674 bits per heavy atom. The lowest BCUT2D eigenvalue weighted by Gasteiger charge is -2.13. The van der Waals surface area contributed by atoms with Crippen LogP contribution >= 0.6 is 0 Å². The van der Waals surface area contributed by atoms with Crippen LogP contribution in [-0.2, 0) is 16.0 Å². The van der Waals surface area contributed by atoms with Crippen LogP contribution in [0.1, 0.15) is 15.9 Å². The Labute approximate surface area is 251 Å². The molecule has 43 heavy (non-hydrogen) atoms. The van der Waals surface area contributed by atoms with Crippen molar-refractivity contribution in [2.45, 2.75) is 6.54 Å². The Morgan fingerprint density at radius 2 is 1.30 bits per heavy atom. The van der Waals surface area contributed by atoms with Gasteiger partial charge in [-0.3, -0.25) is 4.79 Å². The van der Waals surface area contributed by atoms with E-state index in [1.807, 2.05) is 54.6 Å². The van der Waals surface area contributed by atoms with E-state index in [2.05, 4.69) is 36.2 Å². The molecular weight excluding hydrogens is 550 g/mol. The summed E-state index contributed by atoms with van der Waals surface area (Å²) >= 11 is 0. The van der Waals surface area contributed by atoms with Gasteiger partial charge in [-0.1, -0.05) is 48.5 Å². The van der Waals surface area contributed by atoms with Crippen LogP contribution in [-0.4, -0.2) is 74.6 Å². The van der Waals surface area contributed by atoms with E-state index in [1.165, 1.54) is 0 Å². The molecule has 12 heteroatoms. The smallest absolute Gasteiger partial charge is 0.251 e. The highest BCUT2D eigenvalue weighted by molar-refractivity contribution is 5.94. The molecule has 1 aromatic heterocycles. The average molecular weight is 588 g/mol. The molecule has 12 nitrogen and oxygen atoms in total. The maximum atomic E-state index is 12.0. The van der Waals surface area contributed by atoms with Crippen molar-refractivity contribution >= 4 is 29.4 Å². The fourth-order valence-electron chi connectivity index (χ4n) is 3.90. The first-order valence-corrected chi connectivity index (χ1v) is 13.9. The second kappa shape index (κ2) is 17.1. The van der Waals surface area contributed by atoms with Crippen LogP contribution in [0, 0.1) is 0 Å². The quantitative estimate of drug-likeness (QED) is 0.125. The lowest BCUT2D eigenvalue weighted by molar-refractivity contribution is 0.0519. The zero-order chi connectivity index (χ0) is 30.1. The van der Waals surface area contributed by atoms with Gasteiger partial charge in [0.25, 0.3) is 5.91 Å². The minimum Gasteiger partial charge on any atom is -0.493 e. The van der Waals surface area contributed by atoms with Crippen LogP contribution in [0.3, 0.4) is 0 Å². The summed E-state index contributed by atoms with van der Waals surface area (Å²) in [6.45, 7) is 3.12. The Balaban J connectivity index is 1.23. The summed E-state index contributed by atoms with van der Waals surface area (Å²) in [5.74, 6) is 2.25. The summed E-state index contributed by atoms with van der Waals surface area (Å²) in [6, 6.07) is 24.5. The maximum absolute atomic E-state index is 12.0.